The predicted octanol–water partition coefficient (Wildman–Crippen LogP) is 3.58. The Morgan fingerprint density at radius 3 is 2.12 bits per heavy atom. The second kappa shape index (κ2) is 5.47. The van der Waals surface area contributed by atoms with Crippen molar-refractivity contribution in [2.24, 2.45) is 5.92 Å². The first-order chi connectivity index (χ1) is 6.99. The molecule has 0 aromatic heterocycles. The van der Waals surface area contributed by atoms with Crippen molar-refractivity contribution in [2.75, 3.05) is 6.61 Å². The maximum atomic E-state index is 9.83. The highest BCUT2D eigenvalue weighted by atomic mass is 28.4. The van der Waals surface area contributed by atoms with E-state index in [1.54, 1.807) is 0 Å². The maximum absolute atomic E-state index is 9.83. The van der Waals surface area contributed by atoms with E-state index < -0.39 is 14.4 Å². The van der Waals surface area contributed by atoms with Crippen LogP contribution in [0.3, 0.4) is 0 Å². The average Bonchev–Trinajstić information content (AvgIpc) is 2.11. The fourth-order valence-electron chi connectivity index (χ4n) is 1.13. The summed E-state index contributed by atoms with van der Waals surface area (Å²) in [6, 6.07) is 0. The summed E-state index contributed by atoms with van der Waals surface area (Å²) < 4.78 is 6.06. The largest absolute Gasteiger partial charge is 0.416 e. The minimum Gasteiger partial charge on any atom is -0.416 e. The smallest absolute Gasteiger partial charge is 0.191 e. The number of aliphatic hydroxyl groups excluding tert-OH is 1. The van der Waals surface area contributed by atoms with Gasteiger partial charge in [-0.15, -0.1) is 0 Å². The highest BCUT2D eigenvalue weighted by molar-refractivity contribution is 6.74. The third-order valence-electron chi connectivity index (χ3n) is 3.56. The Labute approximate surface area is 102 Å². The molecule has 0 unspecified atom stereocenters. The predicted molar refractivity (Wildman–Crippen MR) is 73.1 cm³/mol. The fourth-order valence-corrected chi connectivity index (χ4v) is 2.25. The molecule has 2 atom stereocenters. The Morgan fingerprint density at radius 1 is 1.38 bits per heavy atom. The molecule has 0 bridgehead atoms. The zero-order valence-corrected chi connectivity index (χ0v) is 12.9. The number of aliphatic hydroxyl groups is 1. The number of hydrogen-bond acceptors (Lipinski definition) is 2. The van der Waals surface area contributed by atoms with Crippen molar-refractivity contribution in [1.82, 2.24) is 0 Å². The van der Waals surface area contributed by atoms with Crippen molar-refractivity contribution >= 4 is 8.32 Å². The lowest BCUT2D eigenvalue weighted by atomic mass is 10.0. The first-order valence-corrected chi connectivity index (χ1v) is 8.87. The van der Waals surface area contributed by atoms with E-state index in [1.807, 2.05) is 13.8 Å². The highest BCUT2D eigenvalue weighted by Crippen LogP contribution is 2.36. The van der Waals surface area contributed by atoms with E-state index in [0.29, 0.717) is 6.61 Å². The van der Waals surface area contributed by atoms with Crippen LogP contribution in [0.25, 0.3) is 0 Å². The third-order valence-corrected chi connectivity index (χ3v) is 8.06. The van der Waals surface area contributed by atoms with Crippen molar-refractivity contribution in [2.45, 2.75) is 58.9 Å². The van der Waals surface area contributed by atoms with E-state index in [-0.39, 0.29) is 11.0 Å². The minimum atomic E-state index is -1.69. The van der Waals surface area contributed by atoms with Gasteiger partial charge < -0.3 is 9.53 Å². The van der Waals surface area contributed by atoms with Gasteiger partial charge in [-0.1, -0.05) is 39.8 Å². The fraction of sp³-hybridized carbons (Fsp3) is 0.846. The Hall–Kier alpha value is -0.123. The molecule has 0 heterocycles. The van der Waals surface area contributed by atoms with Gasteiger partial charge in [0.15, 0.2) is 8.32 Å². The summed E-state index contributed by atoms with van der Waals surface area (Å²) in [5.41, 5.74) is 0.811. The average molecular weight is 244 g/mol. The van der Waals surface area contributed by atoms with Gasteiger partial charge in [0.1, 0.15) is 0 Å². The lowest BCUT2D eigenvalue weighted by Gasteiger charge is -2.37. The molecule has 0 radical (unpaired) electrons. The highest BCUT2D eigenvalue weighted by Gasteiger charge is 2.37. The summed E-state index contributed by atoms with van der Waals surface area (Å²) in [5.74, 6) is 0.117. The van der Waals surface area contributed by atoms with Gasteiger partial charge >= 0.3 is 0 Å². The second-order valence-corrected chi connectivity index (χ2v) is 11.1. The summed E-state index contributed by atoms with van der Waals surface area (Å²) in [4.78, 5) is 0. The van der Waals surface area contributed by atoms with E-state index in [4.69, 9.17) is 4.43 Å². The monoisotopic (exact) mass is 244 g/mol. The molecule has 0 amide bonds. The van der Waals surface area contributed by atoms with Crippen LogP contribution in [0.1, 0.15) is 34.6 Å². The summed E-state index contributed by atoms with van der Waals surface area (Å²) in [7, 11) is -1.69. The number of hydrogen-bond donors (Lipinski definition) is 1. The molecule has 96 valence electrons. The molecule has 0 aromatic rings. The molecule has 0 aliphatic carbocycles. The summed E-state index contributed by atoms with van der Waals surface area (Å²) >= 11 is 0. The van der Waals surface area contributed by atoms with Crippen LogP contribution in [0.4, 0.5) is 0 Å². The Kier molecular flexibility index (Phi) is 5.43. The summed E-state index contributed by atoms with van der Waals surface area (Å²) in [5, 5.41) is 10.1. The van der Waals surface area contributed by atoms with Crippen molar-refractivity contribution in [3.8, 4) is 0 Å². The molecule has 0 saturated heterocycles. The van der Waals surface area contributed by atoms with Crippen LogP contribution in [0.15, 0.2) is 12.2 Å². The van der Waals surface area contributed by atoms with Gasteiger partial charge in [0, 0.05) is 12.5 Å². The van der Waals surface area contributed by atoms with E-state index in [1.165, 1.54) is 0 Å². The van der Waals surface area contributed by atoms with E-state index in [0.717, 1.165) is 5.57 Å². The van der Waals surface area contributed by atoms with Crippen molar-refractivity contribution in [1.29, 1.82) is 0 Å². The SMILES string of the molecule is C=C(C)[C@H](O)[C@@H](C)CO[Si](C)(C)C(C)(C)C. The quantitative estimate of drug-likeness (QED) is 0.591. The first-order valence-electron chi connectivity index (χ1n) is 5.96. The van der Waals surface area contributed by atoms with Crippen LogP contribution < -0.4 is 0 Å². The van der Waals surface area contributed by atoms with E-state index in [2.05, 4.69) is 40.4 Å². The molecule has 0 rings (SSSR count). The Morgan fingerprint density at radius 2 is 1.81 bits per heavy atom. The van der Waals surface area contributed by atoms with Crippen LogP contribution in [0.2, 0.25) is 18.1 Å². The lowest BCUT2D eigenvalue weighted by Crippen LogP contribution is -2.42. The molecule has 3 heteroatoms. The Balaban J connectivity index is 4.31. The van der Waals surface area contributed by atoms with Crippen molar-refractivity contribution < 1.29 is 9.53 Å². The summed E-state index contributed by atoms with van der Waals surface area (Å²) in [6.45, 7) is 19.4. The zero-order chi connectivity index (χ0) is 13.1. The standard InChI is InChI=1S/C13H28O2Si/c1-10(2)12(14)11(3)9-15-16(7,8)13(4,5)6/h11-12,14H,1,9H2,2-8H3/t11-,12-/m0/s1. The molecule has 16 heavy (non-hydrogen) atoms. The van der Waals surface area contributed by atoms with Gasteiger partial charge in [-0.25, -0.2) is 0 Å². The molecule has 0 aromatic carbocycles. The van der Waals surface area contributed by atoms with Gasteiger partial charge in [-0.05, 0) is 25.1 Å². The zero-order valence-electron chi connectivity index (χ0n) is 11.9. The van der Waals surface area contributed by atoms with Crippen molar-refractivity contribution in [3.05, 3.63) is 12.2 Å². The molecule has 1 N–H and O–H groups in total. The van der Waals surface area contributed by atoms with Gasteiger partial charge in [0.05, 0.1) is 6.10 Å². The van der Waals surface area contributed by atoms with E-state index >= 15 is 0 Å². The molecule has 0 aliphatic heterocycles. The normalized spacial score (nSPS) is 17.0. The van der Waals surface area contributed by atoms with Gasteiger partial charge in [0.25, 0.3) is 0 Å². The number of rotatable bonds is 5. The topological polar surface area (TPSA) is 29.5 Å². The minimum absolute atomic E-state index is 0.117. The Bertz CT molecular complexity index is 241. The first kappa shape index (κ1) is 15.9. The molecule has 2 nitrogen and oxygen atoms in total. The van der Waals surface area contributed by atoms with Crippen LogP contribution in [-0.2, 0) is 4.43 Å². The van der Waals surface area contributed by atoms with Crippen molar-refractivity contribution in [3.63, 3.8) is 0 Å². The van der Waals surface area contributed by atoms with Gasteiger partial charge in [-0.3, -0.25) is 0 Å². The molecule has 0 saturated carbocycles. The van der Waals surface area contributed by atoms with Crippen LogP contribution in [-0.4, -0.2) is 26.1 Å². The van der Waals surface area contributed by atoms with Gasteiger partial charge in [-0.2, -0.15) is 0 Å². The molecule has 0 fully saturated rings. The lowest BCUT2D eigenvalue weighted by molar-refractivity contribution is 0.107. The third kappa shape index (κ3) is 4.40. The van der Waals surface area contributed by atoms with Crippen LogP contribution in [0.5, 0.6) is 0 Å². The molecular weight excluding hydrogens is 216 g/mol. The summed E-state index contributed by atoms with van der Waals surface area (Å²) in [6.07, 6.45) is -0.454. The molecular formula is C13H28O2Si. The van der Waals surface area contributed by atoms with Gasteiger partial charge in [0.2, 0.25) is 0 Å². The molecule has 0 spiro atoms. The second-order valence-electron chi connectivity index (χ2n) is 6.34. The molecule has 0 aliphatic rings. The van der Waals surface area contributed by atoms with E-state index in [9.17, 15) is 5.11 Å². The van der Waals surface area contributed by atoms with Crippen LogP contribution in [0, 0.1) is 5.92 Å². The maximum Gasteiger partial charge on any atom is 0.191 e. The van der Waals surface area contributed by atoms with Crippen LogP contribution >= 0.6 is 0 Å².